The number of benzene rings is 1. The van der Waals surface area contributed by atoms with Gasteiger partial charge in [-0.05, 0) is 19.4 Å². The van der Waals surface area contributed by atoms with Crippen LogP contribution in [0, 0.1) is 13.8 Å². The Morgan fingerprint density at radius 2 is 2.12 bits per heavy atom. The molecule has 0 saturated carbocycles. The Labute approximate surface area is 140 Å². The number of aromatic nitrogens is 2. The second-order valence-corrected chi connectivity index (χ2v) is 6.15. The van der Waals surface area contributed by atoms with E-state index in [0.29, 0.717) is 24.7 Å². The zero-order chi connectivity index (χ0) is 17.1. The minimum absolute atomic E-state index is 0.0595. The highest BCUT2D eigenvalue weighted by Crippen LogP contribution is 2.31. The fraction of sp³-hybridized carbons (Fsp3) is 0.389. The molecule has 3 rings (SSSR count). The van der Waals surface area contributed by atoms with Crippen LogP contribution in [0.3, 0.4) is 0 Å². The van der Waals surface area contributed by atoms with Gasteiger partial charge in [-0.2, -0.15) is 4.98 Å². The smallest absolute Gasteiger partial charge is 0.249 e. The van der Waals surface area contributed by atoms with Crippen molar-refractivity contribution in [2.24, 2.45) is 0 Å². The third kappa shape index (κ3) is 3.71. The van der Waals surface area contributed by atoms with Gasteiger partial charge < -0.3 is 14.5 Å². The number of hydrogen-bond donors (Lipinski definition) is 1. The molecule has 1 N–H and O–H groups in total. The van der Waals surface area contributed by atoms with Crippen molar-refractivity contribution in [1.82, 2.24) is 15.0 Å². The van der Waals surface area contributed by atoms with E-state index in [2.05, 4.69) is 10.1 Å². The number of aliphatic hydroxyl groups is 1. The molecule has 2 atom stereocenters. The van der Waals surface area contributed by atoms with E-state index in [4.69, 9.17) is 4.52 Å². The molecule has 0 radical (unpaired) electrons. The molecule has 1 aromatic carbocycles. The molecule has 1 saturated heterocycles. The first kappa shape index (κ1) is 16.4. The first-order chi connectivity index (χ1) is 11.5. The molecule has 1 amide bonds. The van der Waals surface area contributed by atoms with Crippen LogP contribution in [0.1, 0.15) is 41.7 Å². The van der Waals surface area contributed by atoms with Crippen molar-refractivity contribution in [3.05, 3.63) is 53.2 Å². The Balaban J connectivity index is 1.65. The summed E-state index contributed by atoms with van der Waals surface area (Å²) in [6, 6.07) is 7.75. The Hall–Kier alpha value is -2.47. The third-order valence-electron chi connectivity index (χ3n) is 4.11. The molecule has 126 valence electrons. The number of aryl methyl sites for hydroxylation is 2. The average Bonchev–Trinajstić information content (AvgIpc) is 3.15. The number of carbonyl (C=O) groups is 1. The van der Waals surface area contributed by atoms with Crippen LogP contribution in [0.15, 0.2) is 34.9 Å². The number of rotatable bonds is 4. The molecule has 2 aromatic rings. The van der Waals surface area contributed by atoms with E-state index in [1.54, 1.807) is 11.8 Å². The molecule has 2 heterocycles. The highest BCUT2D eigenvalue weighted by atomic mass is 16.5. The predicted molar refractivity (Wildman–Crippen MR) is 88.9 cm³/mol. The average molecular weight is 327 g/mol. The van der Waals surface area contributed by atoms with Gasteiger partial charge in [0.2, 0.25) is 11.8 Å². The van der Waals surface area contributed by atoms with Gasteiger partial charge in [0.25, 0.3) is 0 Å². The van der Waals surface area contributed by atoms with Crippen LogP contribution in [0.5, 0.6) is 0 Å². The molecule has 6 nitrogen and oxygen atoms in total. The molecular formula is C18H21N3O3. The van der Waals surface area contributed by atoms with E-state index in [1.165, 1.54) is 5.56 Å². The lowest BCUT2D eigenvalue weighted by Gasteiger charge is -2.20. The maximum Gasteiger partial charge on any atom is 0.249 e. The van der Waals surface area contributed by atoms with Gasteiger partial charge in [0.05, 0.1) is 6.10 Å². The molecule has 1 aliphatic rings. The standard InChI is InChI=1S/C18H21N3O3/c1-12-6-8-14(9-7-12)4-3-5-17(23)21-11-15(22)10-16(21)18-19-13(2)20-24-18/h3-4,6-9,15-16,22H,5,10-11H2,1-2H3/b4-3+/t15-,16-/m1/s1. The van der Waals surface area contributed by atoms with Crippen LogP contribution >= 0.6 is 0 Å². The lowest BCUT2D eigenvalue weighted by atomic mass is 10.1. The van der Waals surface area contributed by atoms with Gasteiger partial charge in [0.15, 0.2) is 5.82 Å². The van der Waals surface area contributed by atoms with Gasteiger partial charge in [0.1, 0.15) is 6.04 Å². The maximum absolute atomic E-state index is 12.5. The maximum atomic E-state index is 12.5. The third-order valence-corrected chi connectivity index (χ3v) is 4.11. The minimum Gasteiger partial charge on any atom is -0.391 e. The van der Waals surface area contributed by atoms with E-state index in [0.717, 1.165) is 5.56 Å². The summed E-state index contributed by atoms with van der Waals surface area (Å²) < 4.78 is 5.18. The molecule has 6 heteroatoms. The molecule has 1 aromatic heterocycles. The summed E-state index contributed by atoms with van der Waals surface area (Å²) in [5, 5.41) is 13.7. The zero-order valence-corrected chi connectivity index (χ0v) is 13.8. The second kappa shape index (κ2) is 6.97. The van der Waals surface area contributed by atoms with Crippen LogP contribution in [0.4, 0.5) is 0 Å². The molecule has 24 heavy (non-hydrogen) atoms. The lowest BCUT2D eigenvalue weighted by molar-refractivity contribution is -0.131. The van der Waals surface area contributed by atoms with E-state index < -0.39 is 6.10 Å². The summed E-state index contributed by atoms with van der Waals surface area (Å²) in [4.78, 5) is 18.3. The van der Waals surface area contributed by atoms with Crippen molar-refractivity contribution in [1.29, 1.82) is 0 Å². The number of aliphatic hydroxyl groups excluding tert-OH is 1. The summed E-state index contributed by atoms with van der Waals surface area (Å²) in [6.45, 7) is 4.06. The van der Waals surface area contributed by atoms with Gasteiger partial charge in [0, 0.05) is 19.4 Å². The van der Waals surface area contributed by atoms with Crippen molar-refractivity contribution in [3.63, 3.8) is 0 Å². The molecule has 1 aliphatic heterocycles. The molecule has 0 unspecified atom stereocenters. The van der Waals surface area contributed by atoms with Crippen molar-refractivity contribution in [2.45, 2.75) is 38.8 Å². The Kier molecular flexibility index (Phi) is 4.76. The predicted octanol–water partition coefficient (Wildman–Crippen LogP) is 2.42. The molecule has 0 aliphatic carbocycles. The normalized spacial score (nSPS) is 20.9. The Bertz CT molecular complexity index is 736. The SMILES string of the molecule is Cc1ccc(/C=C/CC(=O)N2C[C@H](O)C[C@@H]2c2nc(C)no2)cc1. The van der Waals surface area contributed by atoms with Gasteiger partial charge in [-0.15, -0.1) is 0 Å². The van der Waals surface area contributed by atoms with Gasteiger partial charge in [-0.1, -0.05) is 47.1 Å². The van der Waals surface area contributed by atoms with Crippen molar-refractivity contribution < 1.29 is 14.4 Å². The van der Waals surface area contributed by atoms with E-state index in [9.17, 15) is 9.90 Å². The van der Waals surface area contributed by atoms with E-state index in [-0.39, 0.29) is 18.4 Å². The van der Waals surface area contributed by atoms with E-state index in [1.807, 2.05) is 43.3 Å². The topological polar surface area (TPSA) is 79.5 Å². The first-order valence-electron chi connectivity index (χ1n) is 8.04. The summed E-state index contributed by atoms with van der Waals surface area (Å²) in [6.07, 6.45) is 3.90. The van der Waals surface area contributed by atoms with E-state index >= 15 is 0 Å². The summed E-state index contributed by atoms with van der Waals surface area (Å²) in [5.41, 5.74) is 2.26. The molecular weight excluding hydrogens is 306 g/mol. The first-order valence-corrected chi connectivity index (χ1v) is 8.04. The van der Waals surface area contributed by atoms with Crippen LogP contribution in [-0.2, 0) is 4.79 Å². The monoisotopic (exact) mass is 327 g/mol. The number of carbonyl (C=O) groups excluding carboxylic acids is 1. The fourth-order valence-electron chi connectivity index (χ4n) is 2.86. The van der Waals surface area contributed by atoms with Crippen molar-refractivity contribution in [2.75, 3.05) is 6.54 Å². The lowest BCUT2D eigenvalue weighted by Crippen LogP contribution is -2.31. The molecule has 0 spiro atoms. The van der Waals surface area contributed by atoms with Gasteiger partial charge in [-0.3, -0.25) is 4.79 Å². The van der Waals surface area contributed by atoms with Gasteiger partial charge in [-0.25, -0.2) is 0 Å². The fourth-order valence-corrected chi connectivity index (χ4v) is 2.86. The highest BCUT2D eigenvalue weighted by molar-refractivity contribution is 5.79. The summed E-state index contributed by atoms with van der Waals surface area (Å²) in [7, 11) is 0. The second-order valence-electron chi connectivity index (χ2n) is 6.15. The largest absolute Gasteiger partial charge is 0.391 e. The zero-order valence-electron chi connectivity index (χ0n) is 13.8. The van der Waals surface area contributed by atoms with Crippen LogP contribution in [-0.4, -0.2) is 38.7 Å². The van der Waals surface area contributed by atoms with Crippen LogP contribution < -0.4 is 0 Å². The van der Waals surface area contributed by atoms with Crippen molar-refractivity contribution in [3.8, 4) is 0 Å². The molecule has 1 fully saturated rings. The number of likely N-dealkylation sites (tertiary alicyclic amines) is 1. The van der Waals surface area contributed by atoms with Crippen molar-refractivity contribution >= 4 is 12.0 Å². The number of hydrogen-bond acceptors (Lipinski definition) is 5. The summed E-state index contributed by atoms with van der Waals surface area (Å²) in [5.74, 6) is 0.855. The Morgan fingerprint density at radius 1 is 1.38 bits per heavy atom. The Morgan fingerprint density at radius 3 is 2.79 bits per heavy atom. The quantitative estimate of drug-likeness (QED) is 0.933. The van der Waals surface area contributed by atoms with Crippen LogP contribution in [0.2, 0.25) is 0 Å². The number of amides is 1. The minimum atomic E-state index is -0.563. The van der Waals surface area contributed by atoms with Gasteiger partial charge >= 0.3 is 0 Å². The number of β-amino-alcohol motifs (C(OH)–C–C–N with tert-alkyl or cyclic N) is 1. The summed E-state index contributed by atoms with van der Waals surface area (Å²) >= 11 is 0. The van der Waals surface area contributed by atoms with Crippen LogP contribution in [0.25, 0.3) is 6.08 Å². The molecule has 0 bridgehead atoms. The number of nitrogens with zero attached hydrogens (tertiary/aromatic N) is 3. The highest BCUT2D eigenvalue weighted by Gasteiger charge is 2.38.